The Morgan fingerprint density at radius 2 is 2.33 bits per heavy atom. The number of imidazole rings is 1. The molecule has 0 unspecified atom stereocenters. The van der Waals surface area contributed by atoms with E-state index in [1.54, 1.807) is 0 Å². The summed E-state index contributed by atoms with van der Waals surface area (Å²) in [4.78, 5) is 16.1. The molecule has 0 radical (unpaired) electrons. The van der Waals surface area contributed by atoms with Gasteiger partial charge in [0.15, 0.2) is 0 Å². The van der Waals surface area contributed by atoms with Gasteiger partial charge in [-0.3, -0.25) is 0 Å². The number of aromatic nitrogens is 4. The Labute approximate surface area is 65.6 Å². The van der Waals surface area contributed by atoms with Gasteiger partial charge >= 0.3 is 5.82 Å². The Balaban J connectivity index is 2.68. The molecule has 0 saturated carbocycles. The fourth-order valence-electron chi connectivity index (χ4n) is 0.829. The van der Waals surface area contributed by atoms with Gasteiger partial charge in [0.2, 0.25) is 5.65 Å². The molecule has 0 saturated heterocycles. The smallest absolute Gasteiger partial charge is 0.358 e. The Hall–Kier alpha value is -2.05. The van der Waals surface area contributed by atoms with Gasteiger partial charge in [-0.25, -0.2) is 4.98 Å². The number of rotatable bonds is 1. The molecule has 0 fully saturated rings. The summed E-state index contributed by atoms with van der Waals surface area (Å²) < 4.78 is 0. The van der Waals surface area contributed by atoms with Crippen LogP contribution in [0.25, 0.3) is 11.2 Å². The molecule has 0 spiro atoms. The molecule has 0 aliphatic rings. The fraction of sp³-hybridized carbons (Fsp3) is 0. The van der Waals surface area contributed by atoms with E-state index in [0.29, 0.717) is 11.2 Å². The molecular weight excluding hydrogens is 162 g/mol. The van der Waals surface area contributed by atoms with Crippen molar-refractivity contribution in [3.8, 4) is 0 Å². The molecule has 2 aromatic heterocycles. The van der Waals surface area contributed by atoms with E-state index in [1.165, 1.54) is 12.4 Å². The monoisotopic (exact) mass is 165 g/mol. The van der Waals surface area contributed by atoms with E-state index in [0.717, 1.165) is 0 Å². The van der Waals surface area contributed by atoms with Crippen molar-refractivity contribution >= 4 is 17.0 Å². The number of hydrogen-bond acceptors (Lipinski definition) is 5. The SMILES string of the molecule is O=[N+]([O-])c1cc2[nH]cnc2nn1. The minimum Gasteiger partial charge on any atom is -0.358 e. The van der Waals surface area contributed by atoms with Crippen LogP contribution in [-0.4, -0.2) is 25.1 Å². The van der Waals surface area contributed by atoms with Crippen molar-refractivity contribution in [2.45, 2.75) is 0 Å². The number of aromatic amines is 1. The molecule has 60 valence electrons. The number of fused-ring (bicyclic) bond motifs is 1. The first kappa shape index (κ1) is 6.65. The molecule has 2 aromatic rings. The average molecular weight is 165 g/mol. The van der Waals surface area contributed by atoms with E-state index < -0.39 is 4.92 Å². The van der Waals surface area contributed by atoms with Crippen molar-refractivity contribution in [2.24, 2.45) is 0 Å². The predicted molar refractivity (Wildman–Crippen MR) is 38.3 cm³/mol. The Bertz CT molecular complexity index is 436. The molecule has 2 rings (SSSR count). The first-order valence-electron chi connectivity index (χ1n) is 3.08. The Morgan fingerprint density at radius 3 is 3.08 bits per heavy atom. The van der Waals surface area contributed by atoms with Gasteiger partial charge in [-0.2, -0.15) is 0 Å². The maximum Gasteiger partial charge on any atom is 0.392 e. The summed E-state index contributed by atoms with van der Waals surface area (Å²) in [6.45, 7) is 0. The third kappa shape index (κ3) is 0.875. The van der Waals surface area contributed by atoms with Crippen LogP contribution < -0.4 is 0 Å². The predicted octanol–water partition coefficient (Wildman–Crippen LogP) is 0.261. The first-order chi connectivity index (χ1) is 5.77. The Morgan fingerprint density at radius 1 is 1.50 bits per heavy atom. The lowest BCUT2D eigenvalue weighted by molar-refractivity contribution is -0.390. The van der Waals surface area contributed by atoms with E-state index in [-0.39, 0.29) is 5.82 Å². The molecule has 0 aromatic carbocycles. The summed E-state index contributed by atoms with van der Waals surface area (Å²) in [6.07, 6.45) is 1.41. The summed E-state index contributed by atoms with van der Waals surface area (Å²) in [7, 11) is 0. The number of hydrogen-bond donors (Lipinski definition) is 1. The second-order valence-corrected chi connectivity index (χ2v) is 2.10. The topological polar surface area (TPSA) is 97.6 Å². The highest BCUT2D eigenvalue weighted by atomic mass is 16.6. The van der Waals surface area contributed by atoms with Crippen LogP contribution in [-0.2, 0) is 0 Å². The second-order valence-electron chi connectivity index (χ2n) is 2.10. The number of nitrogens with one attached hydrogen (secondary N) is 1. The highest BCUT2D eigenvalue weighted by molar-refractivity contribution is 5.70. The molecular formula is C5H3N5O2. The minimum absolute atomic E-state index is 0.285. The molecule has 0 amide bonds. The van der Waals surface area contributed by atoms with Crippen molar-refractivity contribution in [3.05, 3.63) is 22.5 Å². The van der Waals surface area contributed by atoms with Gasteiger partial charge in [-0.1, -0.05) is 0 Å². The molecule has 2 heterocycles. The van der Waals surface area contributed by atoms with Gasteiger partial charge in [0.25, 0.3) is 0 Å². The van der Waals surface area contributed by atoms with Crippen molar-refractivity contribution in [1.29, 1.82) is 0 Å². The van der Waals surface area contributed by atoms with Crippen molar-refractivity contribution in [1.82, 2.24) is 20.2 Å². The lowest BCUT2D eigenvalue weighted by atomic mass is 10.5. The van der Waals surface area contributed by atoms with Crippen molar-refractivity contribution < 1.29 is 4.92 Å². The molecule has 0 bridgehead atoms. The zero-order valence-electron chi connectivity index (χ0n) is 5.76. The zero-order chi connectivity index (χ0) is 8.55. The van der Waals surface area contributed by atoms with Crippen LogP contribution in [0.1, 0.15) is 0 Å². The van der Waals surface area contributed by atoms with Crippen molar-refractivity contribution in [3.63, 3.8) is 0 Å². The summed E-state index contributed by atoms with van der Waals surface area (Å²) in [5, 5.41) is 17.1. The van der Waals surface area contributed by atoms with Crippen LogP contribution in [0.15, 0.2) is 12.4 Å². The van der Waals surface area contributed by atoms with Crippen LogP contribution in [0.3, 0.4) is 0 Å². The quantitative estimate of drug-likeness (QED) is 0.482. The first-order valence-corrected chi connectivity index (χ1v) is 3.08. The molecule has 0 aliphatic carbocycles. The van der Waals surface area contributed by atoms with E-state index >= 15 is 0 Å². The normalized spacial score (nSPS) is 10.3. The molecule has 1 N–H and O–H groups in total. The van der Waals surface area contributed by atoms with Crippen LogP contribution in [0.2, 0.25) is 0 Å². The third-order valence-corrected chi connectivity index (χ3v) is 1.36. The van der Waals surface area contributed by atoms with Gasteiger partial charge < -0.3 is 15.1 Å². The molecule has 7 heteroatoms. The van der Waals surface area contributed by atoms with Crippen LogP contribution in [0, 0.1) is 10.1 Å². The maximum absolute atomic E-state index is 10.2. The maximum atomic E-state index is 10.2. The van der Waals surface area contributed by atoms with Gasteiger partial charge in [0, 0.05) is 0 Å². The van der Waals surface area contributed by atoms with Gasteiger partial charge in [0.05, 0.1) is 23.0 Å². The van der Waals surface area contributed by atoms with E-state index in [1.807, 2.05) is 0 Å². The van der Waals surface area contributed by atoms with Gasteiger partial charge in [-0.15, -0.1) is 0 Å². The highest BCUT2D eigenvalue weighted by Gasteiger charge is 2.10. The largest absolute Gasteiger partial charge is 0.392 e. The van der Waals surface area contributed by atoms with Crippen molar-refractivity contribution in [2.75, 3.05) is 0 Å². The van der Waals surface area contributed by atoms with Crippen LogP contribution >= 0.6 is 0 Å². The lowest BCUT2D eigenvalue weighted by Crippen LogP contribution is -1.93. The zero-order valence-corrected chi connectivity index (χ0v) is 5.76. The molecule has 0 atom stereocenters. The number of nitro groups is 1. The lowest BCUT2D eigenvalue weighted by Gasteiger charge is -1.87. The van der Waals surface area contributed by atoms with Gasteiger partial charge in [0.1, 0.15) is 0 Å². The molecule has 7 nitrogen and oxygen atoms in total. The van der Waals surface area contributed by atoms with Crippen LogP contribution in [0.4, 0.5) is 5.82 Å². The fourth-order valence-corrected chi connectivity index (χ4v) is 0.829. The average Bonchev–Trinajstić information content (AvgIpc) is 2.49. The standard InChI is InChI=1S/C5H3N5O2/c11-10(12)4-1-3-5(9-8-4)7-2-6-3/h1-2H,(H,6,7,9). The third-order valence-electron chi connectivity index (χ3n) is 1.36. The summed E-state index contributed by atoms with van der Waals surface area (Å²) in [5.41, 5.74) is 0.886. The number of nitrogens with zero attached hydrogens (tertiary/aromatic N) is 4. The molecule has 0 aliphatic heterocycles. The van der Waals surface area contributed by atoms with E-state index in [4.69, 9.17) is 0 Å². The summed E-state index contributed by atoms with van der Waals surface area (Å²) >= 11 is 0. The Kier molecular flexibility index (Phi) is 1.23. The number of H-pyrrole nitrogens is 1. The van der Waals surface area contributed by atoms with E-state index in [2.05, 4.69) is 20.2 Å². The van der Waals surface area contributed by atoms with Gasteiger partial charge in [-0.05, 0) is 10.0 Å². The molecule has 12 heavy (non-hydrogen) atoms. The van der Waals surface area contributed by atoms with E-state index in [9.17, 15) is 10.1 Å². The second kappa shape index (κ2) is 2.22. The summed E-state index contributed by atoms with van der Waals surface area (Å²) in [5.74, 6) is -0.285. The summed E-state index contributed by atoms with van der Waals surface area (Å²) in [6, 6.07) is 1.29. The highest BCUT2D eigenvalue weighted by Crippen LogP contribution is 2.10. The van der Waals surface area contributed by atoms with Crippen LogP contribution in [0.5, 0.6) is 0 Å². The minimum atomic E-state index is -0.604.